The van der Waals surface area contributed by atoms with Gasteiger partial charge in [0, 0.05) is 30.8 Å². The molecule has 1 heterocycles. The Kier molecular flexibility index (Phi) is 6.04. The summed E-state index contributed by atoms with van der Waals surface area (Å²) in [4.78, 5) is 23.8. The standard InChI is InChI=1S/C13H16FN3O3.ClH/c1-15-11-2-4-16(5-3-11)13(18)9-6-10(14)8-12(7-9)17(19)20;/h6-8,11,15H,2-5H2,1H3;1H. The summed E-state index contributed by atoms with van der Waals surface area (Å²) in [5, 5.41) is 13.8. The molecule has 2 rings (SSSR count). The number of benzene rings is 1. The van der Waals surface area contributed by atoms with Gasteiger partial charge in [-0.25, -0.2) is 4.39 Å². The van der Waals surface area contributed by atoms with E-state index < -0.39 is 16.4 Å². The highest BCUT2D eigenvalue weighted by molar-refractivity contribution is 5.95. The van der Waals surface area contributed by atoms with E-state index >= 15 is 0 Å². The Morgan fingerprint density at radius 1 is 1.38 bits per heavy atom. The van der Waals surface area contributed by atoms with Crippen LogP contribution in [0.2, 0.25) is 0 Å². The third kappa shape index (κ3) is 4.12. The van der Waals surface area contributed by atoms with Gasteiger partial charge in [0.25, 0.3) is 11.6 Å². The lowest BCUT2D eigenvalue weighted by Crippen LogP contribution is -2.44. The quantitative estimate of drug-likeness (QED) is 0.683. The topological polar surface area (TPSA) is 75.5 Å². The summed E-state index contributed by atoms with van der Waals surface area (Å²) >= 11 is 0. The van der Waals surface area contributed by atoms with E-state index in [9.17, 15) is 19.3 Å². The number of likely N-dealkylation sites (tertiary alicyclic amines) is 1. The number of nitro groups is 1. The Labute approximate surface area is 127 Å². The summed E-state index contributed by atoms with van der Waals surface area (Å²) in [7, 11) is 1.87. The van der Waals surface area contributed by atoms with E-state index in [0.717, 1.165) is 31.0 Å². The van der Waals surface area contributed by atoms with Crippen molar-refractivity contribution in [1.82, 2.24) is 10.2 Å². The molecule has 1 N–H and O–H groups in total. The summed E-state index contributed by atoms with van der Waals surface area (Å²) in [6.45, 7) is 1.13. The van der Waals surface area contributed by atoms with E-state index in [0.29, 0.717) is 19.1 Å². The normalized spacial score (nSPS) is 15.4. The molecule has 1 aromatic rings. The number of carbonyl (C=O) groups is 1. The van der Waals surface area contributed by atoms with Crippen molar-refractivity contribution in [2.75, 3.05) is 20.1 Å². The Bertz CT molecular complexity index is 533. The van der Waals surface area contributed by atoms with Crippen molar-refractivity contribution >= 4 is 24.0 Å². The first-order chi connectivity index (χ1) is 9.51. The Morgan fingerprint density at radius 3 is 2.52 bits per heavy atom. The Balaban J connectivity index is 0.00000220. The minimum atomic E-state index is -0.771. The lowest BCUT2D eigenvalue weighted by atomic mass is 10.0. The molecule has 1 aromatic carbocycles. The zero-order chi connectivity index (χ0) is 14.7. The summed E-state index contributed by atoms with van der Waals surface area (Å²) in [6.07, 6.45) is 1.64. The zero-order valence-corrected chi connectivity index (χ0v) is 12.4. The molecule has 1 amide bonds. The second kappa shape index (κ2) is 7.33. The van der Waals surface area contributed by atoms with Gasteiger partial charge < -0.3 is 10.2 Å². The fraction of sp³-hybridized carbons (Fsp3) is 0.462. The highest BCUT2D eigenvalue weighted by Gasteiger charge is 2.24. The third-order valence-corrected chi connectivity index (χ3v) is 3.53. The number of rotatable bonds is 3. The van der Waals surface area contributed by atoms with E-state index in [1.165, 1.54) is 0 Å². The van der Waals surface area contributed by atoms with Gasteiger partial charge in [-0.1, -0.05) is 0 Å². The minimum Gasteiger partial charge on any atom is -0.339 e. The number of nitrogens with one attached hydrogen (secondary N) is 1. The van der Waals surface area contributed by atoms with Crippen LogP contribution in [-0.2, 0) is 0 Å². The van der Waals surface area contributed by atoms with Crippen LogP contribution in [0.15, 0.2) is 18.2 Å². The Morgan fingerprint density at radius 2 is 2.00 bits per heavy atom. The number of halogens is 2. The molecule has 0 atom stereocenters. The fourth-order valence-corrected chi connectivity index (χ4v) is 2.36. The number of nitro benzene ring substituents is 1. The van der Waals surface area contributed by atoms with Gasteiger partial charge in [-0.05, 0) is 26.0 Å². The van der Waals surface area contributed by atoms with Crippen molar-refractivity contribution in [2.24, 2.45) is 0 Å². The number of hydrogen-bond acceptors (Lipinski definition) is 4. The van der Waals surface area contributed by atoms with Crippen molar-refractivity contribution in [1.29, 1.82) is 0 Å². The predicted octanol–water partition coefficient (Wildman–Crippen LogP) is 1.98. The van der Waals surface area contributed by atoms with E-state index in [1.807, 2.05) is 7.05 Å². The monoisotopic (exact) mass is 317 g/mol. The maximum Gasteiger partial charge on any atom is 0.273 e. The van der Waals surface area contributed by atoms with Gasteiger partial charge in [-0.2, -0.15) is 0 Å². The van der Waals surface area contributed by atoms with Crippen molar-refractivity contribution in [3.8, 4) is 0 Å². The second-order valence-corrected chi connectivity index (χ2v) is 4.81. The average molecular weight is 318 g/mol. The van der Waals surface area contributed by atoms with Crippen LogP contribution < -0.4 is 5.32 Å². The smallest absolute Gasteiger partial charge is 0.273 e. The van der Waals surface area contributed by atoms with Crippen LogP contribution in [0.1, 0.15) is 23.2 Å². The first-order valence-corrected chi connectivity index (χ1v) is 6.43. The van der Waals surface area contributed by atoms with E-state index in [4.69, 9.17) is 0 Å². The number of hydrogen-bond donors (Lipinski definition) is 1. The molecule has 0 bridgehead atoms. The first kappa shape index (κ1) is 17.3. The van der Waals surface area contributed by atoms with Crippen LogP contribution in [0, 0.1) is 15.9 Å². The van der Waals surface area contributed by atoms with E-state index in [2.05, 4.69) is 5.32 Å². The molecule has 8 heteroatoms. The minimum absolute atomic E-state index is 0. The number of non-ortho nitro benzene ring substituents is 1. The van der Waals surface area contributed by atoms with Crippen LogP contribution in [0.25, 0.3) is 0 Å². The molecule has 0 radical (unpaired) electrons. The lowest BCUT2D eigenvalue weighted by Gasteiger charge is -2.31. The molecule has 1 aliphatic rings. The molecule has 21 heavy (non-hydrogen) atoms. The number of amides is 1. The van der Waals surface area contributed by atoms with Crippen molar-refractivity contribution < 1.29 is 14.1 Å². The van der Waals surface area contributed by atoms with Crippen molar-refractivity contribution in [3.63, 3.8) is 0 Å². The van der Waals surface area contributed by atoms with E-state index in [1.54, 1.807) is 4.90 Å². The molecule has 0 unspecified atom stereocenters. The van der Waals surface area contributed by atoms with Gasteiger partial charge in [-0.3, -0.25) is 14.9 Å². The van der Waals surface area contributed by atoms with Crippen LogP contribution in [0.5, 0.6) is 0 Å². The van der Waals surface area contributed by atoms with Crippen LogP contribution >= 0.6 is 12.4 Å². The largest absolute Gasteiger partial charge is 0.339 e. The molecule has 0 aromatic heterocycles. The summed E-state index contributed by atoms with van der Waals surface area (Å²) in [6, 6.07) is 3.35. The molecule has 0 saturated carbocycles. The molecule has 0 spiro atoms. The molecule has 0 aliphatic carbocycles. The molecule has 1 saturated heterocycles. The van der Waals surface area contributed by atoms with Crippen LogP contribution in [0.4, 0.5) is 10.1 Å². The average Bonchev–Trinajstić information content (AvgIpc) is 2.46. The van der Waals surface area contributed by atoms with Crippen molar-refractivity contribution in [3.05, 3.63) is 39.7 Å². The molecule has 1 fully saturated rings. The number of piperidine rings is 1. The summed E-state index contributed by atoms with van der Waals surface area (Å²) in [5.74, 6) is -1.13. The highest BCUT2D eigenvalue weighted by atomic mass is 35.5. The summed E-state index contributed by atoms with van der Waals surface area (Å²) < 4.78 is 13.3. The Hall–Kier alpha value is -1.73. The van der Waals surface area contributed by atoms with Gasteiger partial charge in [0.05, 0.1) is 11.0 Å². The summed E-state index contributed by atoms with van der Waals surface area (Å²) in [5.41, 5.74) is -0.377. The molecule has 116 valence electrons. The molecule has 1 aliphatic heterocycles. The maximum atomic E-state index is 13.3. The van der Waals surface area contributed by atoms with Crippen molar-refractivity contribution in [2.45, 2.75) is 18.9 Å². The van der Waals surface area contributed by atoms with Gasteiger partial charge >= 0.3 is 0 Å². The predicted molar refractivity (Wildman–Crippen MR) is 78.3 cm³/mol. The molecule has 6 nitrogen and oxygen atoms in total. The second-order valence-electron chi connectivity index (χ2n) is 4.81. The van der Waals surface area contributed by atoms with Crippen LogP contribution in [0.3, 0.4) is 0 Å². The fourth-order valence-electron chi connectivity index (χ4n) is 2.36. The number of nitrogens with zero attached hydrogens (tertiary/aromatic N) is 2. The van der Waals surface area contributed by atoms with Gasteiger partial charge in [0.2, 0.25) is 0 Å². The maximum absolute atomic E-state index is 13.3. The SMILES string of the molecule is CNC1CCN(C(=O)c2cc(F)cc([N+](=O)[O-])c2)CC1.Cl. The first-order valence-electron chi connectivity index (χ1n) is 6.43. The van der Waals surface area contributed by atoms with Gasteiger partial charge in [0.15, 0.2) is 0 Å². The highest BCUT2D eigenvalue weighted by Crippen LogP contribution is 2.19. The third-order valence-electron chi connectivity index (χ3n) is 3.53. The van der Waals surface area contributed by atoms with Gasteiger partial charge in [0.1, 0.15) is 5.82 Å². The van der Waals surface area contributed by atoms with E-state index in [-0.39, 0.29) is 23.9 Å². The number of carbonyl (C=O) groups excluding carboxylic acids is 1. The zero-order valence-electron chi connectivity index (χ0n) is 11.5. The molecular formula is C13H17ClFN3O3. The van der Waals surface area contributed by atoms with Crippen LogP contribution in [-0.4, -0.2) is 41.9 Å². The van der Waals surface area contributed by atoms with Gasteiger partial charge in [-0.15, -0.1) is 12.4 Å². The lowest BCUT2D eigenvalue weighted by molar-refractivity contribution is -0.385. The molecular weight excluding hydrogens is 301 g/mol.